The number of primary amides is 1. The zero-order chi connectivity index (χ0) is 25.1. The topological polar surface area (TPSA) is 121 Å². The van der Waals surface area contributed by atoms with E-state index in [1.165, 1.54) is 17.7 Å². The summed E-state index contributed by atoms with van der Waals surface area (Å²) in [7, 11) is 5.09. The molecule has 1 aliphatic rings. The van der Waals surface area contributed by atoms with Crippen molar-refractivity contribution in [1.82, 2.24) is 20.0 Å². The number of ether oxygens (including phenoxy) is 1. The van der Waals surface area contributed by atoms with Crippen molar-refractivity contribution in [2.45, 2.75) is 52.0 Å². The van der Waals surface area contributed by atoms with Crippen LogP contribution >= 0.6 is 0 Å². The van der Waals surface area contributed by atoms with Gasteiger partial charge in [-0.2, -0.15) is 0 Å². The van der Waals surface area contributed by atoms with Gasteiger partial charge in [0.1, 0.15) is 5.75 Å². The van der Waals surface area contributed by atoms with Crippen LogP contribution in [0.2, 0.25) is 0 Å². The van der Waals surface area contributed by atoms with Gasteiger partial charge in [-0.1, -0.05) is 26.2 Å². The van der Waals surface area contributed by atoms with E-state index >= 15 is 0 Å². The van der Waals surface area contributed by atoms with Crippen LogP contribution in [0.25, 0.3) is 0 Å². The average Bonchev–Trinajstić information content (AvgIpc) is 2.79. The van der Waals surface area contributed by atoms with Crippen molar-refractivity contribution in [2.24, 2.45) is 10.7 Å². The molecule has 188 valence electrons. The van der Waals surface area contributed by atoms with Crippen molar-refractivity contribution in [3.05, 3.63) is 23.8 Å². The van der Waals surface area contributed by atoms with Gasteiger partial charge in [-0.3, -0.25) is 14.9 Å². The maximum absolute atomic E-state index is 12.3. The van der Waals surface area contributed by atoms with Crippen molar-refractivity contribution in [2.75, 3.05) is 40.8 Å². The molecule has 0 saturated heterocycles. The Balaban J connectivity index is 1.91. The van der Waals surface area contributed by atoms with Crippen molar-refractivity contribution >= 4 is 29.5 Å². The number of urea groups is 1. The second-order valence-corrected chi connectivity index (χ2v) is 8.70. The average molecular weight is 475 g/mol. The third kappa shape index (κ3) is 8.57. The standard InChI is InChI=1S/C24H38N6O4/c1-5-6-7-8-13-29(4)22(32)10-9-14-34-19-11-12-20-18(15-19)16-30(17-21(25)31)23(26-20)27-24(33)28(2)3/h11-12,15H,5-10,13-14,16-17H2,1-4H3,(H2,25,31)(H,26,27,33). The van der Waals surface area contributed by atoms with E-state index in [1.807, 2.05) is 19.2 Å². The molecule has 0 radical (unpaired) electrons. The number of carbonyl (C=O) groups is 3. The lowest BCUT2D eigenvalue weighted by molar-refractivity contribution is -0.130. The Morgan fingerprint density at radius 3 is 2.59 bits per heavy atom. The normalized spacial score (nSPS) is 12.5. The number of hydrogen-bond donors (Lipinski definition) is 2. The van der Waals surface area contributed by atoms with Crippen LogP contribution in [0.4, 0.5) is 10.5 Å². The summed E-state index contributed by atoms with van der Waals surface area (Å²) >= 11 is 0. The highest BCUT2D eigenvalue weighted by molar-refractivity contribution is 5.99. The summed E-state index contributed by atoms with van der Waals surface area (Å²) in [5, 5.41) is 2.70. The number of carbonyl (C=O) groups excluding carboxylic acids is 3. The summed E-state index contributed by atoms with van der Waals surface area (Å²) in [5.74, 6) is 0.544. The number of amides is 4. The molecule has 3 N–H and O–H groups in total. The molecule has 2 rings (SSSR count). The van der Waals surface area contributed by atoms with Gasteiger partial charge < -0.3 is 25.2 Å². The van der Waals surface area contributed by atoms with E-state index in [0.29, 0.717) is 37.4 Å². The van der Waals surface area contributed by atoms with E-state index in [1.54, 1.807) is 30.0 Å². The molecule has 0 spiro atoms. The van der Waals surface area contributed by atoms with Gasteiger partial charge >= 0.3 is 6.03 Å². The predicted molar refractivity (Wildman–Crippen MR) is 132 cm³/mol. The Morgan fingerprint density at radius 2 is 1.91 bits per heavy atom. The molecule has 0 fully saturated rings. The summed E-state index contributed by atoms with van der Waals surface area (Å²) in [4.78, 5) is 45.1. The van der Waals surface area contributed by atoms with Gasteiger partial charge in [-0.25, -0.2) is 9.79 Å². The lowest BCUT2D eigenvalue weighted by Crippen LogP contribution is -2.50. The number of nitrogens with one attached hydrogen (secondary N) is 1. The minimum atomic E-state index is -0.525. The fourth-order valence-electron chi connectivity index (χ4n) is 3.49. The number of unbranched alkanes of at least 4 members (excludes halogenated alkanes) is 3. The molecule has 1 aromatic rings. The van der Waals surface area contributed by atoms with Crippen LogP contribution in [0.3, 0.4) is 0 Å². The monoisotopic (exact) mass is 474 g/mol. The Hall–Kier alpha value is -3.30. The number of guanidine groups is 1. The van der Waals surface area contributed by atoms with Gasteiger partial charge in [0.15, 0.2) is 0 Å². The molecule has 10 heteroatoms. The minimum absolute atomic E-state index is 0.0782. The van der Waals surface area contributed by atoms with Crippen molar-refractivity contribution < 1.29 is 19.1 Å². The molecule has 1 aliphatic heterocycles. The van der Waals surface area contributed by atoms with E-state index in [0.717, 1.165) is 24.9 Å². The van der Waals surface area contributed by atoms with Gasteiger partial charge in [0.2, 0.25) is 17.8 Å². The molecular formula is C24H38N6O4. The third-order valence-corrected chi connectivity index (χ3v) is 5.49. The molecule has 0 atom stereocenters. The predicted octanol–water partition coefficient (Wildman–Crippen LogP) is 2.44. The van der Waals surface area contributed by atoms with Crippen LogP contribution < -0.4 is 15.8 Å². The highest BCUT2D eigenvalue weighted by Crippen LogP contribution is 2.29. The first-order chi connectivity index (χ1) is 16.2. The van der Waals surface area contributed by atoms with Gasteiger partial charge in [0.25, 0.3) is 0 Å². The second kappa shape index (κ2) is 13.4. The third-order valence-electron chi connectivity index (χ3n) is 5.49. The maximum atomic E-state index is 12.3. The molecule has 34 heavy (non-hydrogen) atoms. The molecular weight excluding hydrogens is 436 g/mol. The number of nitrogens with two attached hydrogens (primary N) is 1. The van der Waals surface area contributed by atoms with E-state index < -0.39 is 5.91 Å². The highest BCUT2D eigenvalue weighted by Gasteiger charge is 2.24. The molecule has 1 heterocycles. The van der Waals surface area contributed by atoms with Gasteiger partial charge in [0, 0.05) is 46.2 Å². The molecule has 0 unspecified atom stereocenters. The second-order valence-electron chi connectivity index (χ2n) is 8.70. The number of aliphatic imine (C=N–C) groups is 1. The Labute approximate surface area is 202 Å². The van der Waals surface area contributed by atoms with Crippen molar-refractivity contribution in [3.8, 4) is 5.75 Å². The van der Waals surface area contributed by atoms with Gasteiger partial charge in [-0.05, 0) is 31.0 Å². The van der Waals surface area contributed by atoms with Crippen LogP contribution in [0.5, 0.6) is 5.75 Å². The highest BCUT2D eigenvalue weighted by atomic mass is 16.5. The summed E-state index contributed by atoms with van der Waals surface area (Å²) < 4.78 is 5.85. The van der Waals surface area contributed by atoms with E-state index in [9.17, 15) is 14.4 Å². The first-order valence-corrected chi connectivity index (χ1v) is 11.8. The number of nitrogens with zero attached hydrogens (tertiary/aromatic N) is 4. The Kier molecular flexibility index (Phi) is 10.6. The zero-order valence-corrected chi connectivity index (χ0v) is 20.8. The summed E-state index contributed by atoms with van der Waals surface area (Å²) in [6.45, 7) is 3.66. The van der Waals surface area contributed by atoms with Crippen LogP contribution in [0.1, 0.15) is 51.0 Å². The molecule has 10 nitrogen and oxygen atoms in total. The minimum Gasteiger partial charge on any atom is -0.494 e. The number of hydrogen-bond acceptors (Lipinski definition) is 6. The first kappa shape index (κ1) is 26.9. The Morgan fingerprint density at radius 1 is 1.15 bits per heavy atom. The van der Waals surface area contributed by atoms with Crippen LogP contribution in [0, 0.1) is 0 Å². The largest absolute Gasteiger partial charge is 0.494 e. The molecule has 0 saturated carbocycles. The van der Waals surface area contributed by atoms with E-state index in [-0.39, 0.29) is 24.4 Å². The molecule has 0 aromatic heterocycles. The summed E-state index contributed by atoms with van der Waals surface area (Å²) in [6, 6.07) is 5.12. The van der Waals surface area contributed by atoms with Crippen LogP contribution in [0.15, 0.2) is 23.2 Å². The van der Waals surface area contributed by atoms with Crippen molar-refractivity contribution in [1.29, 1.82) is 0 Å². The summed E-state index contributed by atoms with van der Waals surface area (Å²) in [6.07, 6.45) is 5.65. The quantitative estimate of drug-likeness (QED) is 0.451. The Bertz CT molecular complexity index is 886. The van der Waals surface area contributed by atoms with Gasteiger partial charge in [-0.15, -0.1) is 0 Å². The molecule has 4 amide bonds. The molecule has 1 aromatic carbocycles. The smallest absolute Gasteiger partial charge is 0.323 e. The van der Waals surface area contributed by atoms with Crippen molar-refractivity contribution in [3.63, 3.8) is 0 Å². The number of fused-ring (bicyclic) bond motifs is 1. The van der Waals surface area contributed by atoms with Crippen LogP contribution in [-0.4, -0.2) is 79.3 Å². The van der Waals surface area contributed by atoms with E-state index in [4.69, 9.17) is 10.5 Å². The SMILES string of the molecule is CCCCCCN(C)C(=O)CCCOc1ccc2c(c1)CN(CC(N)=O)C(NC(=O)N(C)C)=N2. The number of rotatable bonds is 12. The lowest BCUT2D eigenvalue weighted by Gasteiger charge is -2.30. The summed E-state index contributed by atoms with van der Waals surface area (Å²) in [5.41, 5.74) is 6.91. The van der Waals surface area contributed by atoms with Crippen LogP contribution in [-0.2, 0) is 16.1 Å². The number of benzene rings is 1. The molecule has 0 aliphatic carbocycles. The lowest BCUT2D eigenvalue weighted by atomic mass is 10.1. The van der Waals surface area contributed by atoms with Gasteiger partial charge in [0.05, 0.1) is 18.8 Å². The van der Waals surface area contributed by atoms with E-state index in [2.05, 4.69) is 17.2 Å². The fourth-order valence-corrected chi connectivity index (χ4v) is 3.49. The first-order valence-electron chi connectivity index (χ1n) is 11.8. The maximum Gasteiger partial charge on any atom is 0.323 e. The zero-order valence-electron chi connectivity index (χ0n) is 20.8. The fraction of sp³-hybridized carbons (Fsp3) is 0.583. The molecule has 0 bridgehead atoms.